The molecule has 1 aliphatic heterocycles. The highest BCUT2D eigenvalue weighted by atomic mass is 19.1. The van der Waals surface area contributed by atoms with Crippen LogP contribution in [0.4, 0.5) is 10.1 Å². The van der Waals surface area contributed by atoms with E-state index < -0.39 is 17.6 Å². The molecule has 0 fully saturated rings. The van der Waals surface area contributed by atoms with Crippen molar-refractivity contribution in [2.24, 2.45) is 0 Å². The summed E-state index contributed by atoms with van der Waals surface area (Å²) in [5.74, 6) is -0.679. The number of fused-ring (bicyclic) bond motifs is 1. The number of carbonyl (C=O) groups is 2. The van der Waals surface area contributed by atoms with Crippen LogP contribution in [0.2, 0.25) is 0 Å². The van der Waals surface area contributed by atoms with Gasteiger partial charge in [-0.05, 0) is 30.3 Å². The lowest BCUT2D eigenvalue weighted by molar-refractivity contribution is 0.0909. The Morgan fingerprint density at radius 3 is 2.71 bits per heavy atom. The average molecular weight is 380 g/mol. The highest BCUT2D eigenvalue weighted by molar-refractivity contribution is 6.10. The molecule has 2 aromatic carbocycles. The molecule has 1 aromatic heterocycles. The standard InChI is InChI=1S/C20H17FN4O3/c21-12-5-7-13(8-6-12)24-19(26)17-18(23-11-22-17)20(27)25-15-9-10-28-16-4-2-1-3-14(15)16/h1-8,11,15H,9-10H2,(H,22,23)(H,24,26)(H,25,27). The van der Waals surface area contributed by atoms with E-state index in [1.807, 2.05) is 24.3 Å². The zero-order chi connectivity index (χ0) is 19.5. The number of rotatable bonds is 4. The third kappa shape index (κ3) is 3.57. The number of anilines is 1. The van der Waals surface area contributed by atoms with Gasteiger partial charge in [0.1, 0.15) is 17.3 Å². The first-order valence-electron chi connectivity index (χ1n) is 8.74. The van der Waals surface area contributed by atoms with Gasteiger partial charge in [-0.1, -0.05) is 18.2 Å². The number of hydrogen-bond donors (Lipinski definition) is 3. The van der Waals surface area contributed by atoms with Crippen LogP contribution in [0.25, 0.3) is 0 Å². The van der Waals surface area contributed by atoms with E-state index >= 15 is 0 Å². The van der Waals surface area contributed by atoms with Gasteiger partial charge >= 0.3 is 0 Å². The van der Waals surface area contributed by atoms with Crippen molar-refractivity contribution in [3.63, 3.8) is 0 Å². The van der Waals surface area contributed by atoms with Crippen molar-refractivity contribution in [3.8, 4) is 5.75 Å². The molecular formula is C20H17FN4O3. The van der Waals surface area contributed by atoms with Gasteiger partial charge in [-0.25, -0.2) is 9.37 Å². The lowest BCUT2D eigenvalue weighted by Crippen LogP contribution is -2.33. The summed E-state index contributed by atoms with van der Waals surface area (Å²) in [4.78, 5) is 31.9. The maximum absolute atomic E-state index is 13.0. The fraction of sp³-hybridized carbons (Fsp3) is 0.150. The van der Waals surface area contributed by atoms with Crippen LogP contribution < -0.4 is 15.4 Å². The zero-order valence-electron chi connectivity index (χ0n) is 14.7. The number of carbonyl (C=O) groups excluding carboxylic acids is 2. The number of nitrogens with zero attached hydrogens (tertiary/aromatic N) is 1. The molecule has 28 heavy (non-hydrogen) atoms. The van der Waals surface area contributed by atoms with Gasteiger partial charge in [-0.3, -0.25) is 9.59 Å². The van der Waals surface area contributed by atoms with Crippen molar-refractivity contribution < 1.29 is 18.7 Å². The summed E-state index contributed by atoms with van der Waals surface area (Å²) in [6.07, 6.45) is 1.90. The van der Waals surface area contributed by atoms with Gasteiger partial charge in [-0.15, -0.1) is 0 Å². The molecular weight excluding hydrogens is 363 g/mol. The number of amides is 2. The van der Waals surface area contributed by atoms with E-state index in [1.165, 1.54) is 30.6 Å². The lowest BCUT2D eigenvalue weighted by Gasteiger charge is -2.26. The highest BCUT2D eigenvalue weighted by Gasteiger charge is 2.26. The minimum atomic E-state index is -0.564. The summed E-state index contributed by atoms with van der Waals surface area (Å²) in [6, 6.07) is 12.6. The van der Waals surface area contributed by atoms with E-state index in [9.17, 15) is 14.0 Å². The maximum Gasteiger partial charge on any atom is 0.276 e. The number of nitrogens with one attached hydrogen (secondary N) is 3. The molecule has 2 heterocycles. The van der Waals surface area contributed by atoms with Crippen LogP contribution in [-0.2, 0) is 0 Å². The van der Waals surface area contributed by atoms with E-state index in [2.05, 4.69) is 20.6 Å². The molecule has 0 bridgehead atoms. The van der Waals surface area contributed by atoms with Gasteiger partial charge in [0.15, 0.2) is 5.69 Å². The smallest absolute Gasteiger partial charge is 0.276 e. The monoisotopic (exact) mass is 380 g/mol. The van der Waals surface area contributed by atoms with Crippen molar-refractivity contribution in [1.29, 1.82) is 0 Å². The molecule has 4 rings (SSSR count). The first kappa shape index (κ1) is 17.7. The third-order valence-corrected chi connectivity index (χ3v) is 4.45. The van der Waals surface area contributed by atoms with Crippen LogP contribution in [0.5, 0.6) is 5.75 Å². The Kier molecular flexibility index (Phi) is 4.76. The topological polar surface area (TPSA) is 96.1 Å². The number of para-hydroxylation sites is 1. The fourth-order valence-corrected chi connectivity index (χ4v) is 3.09. The van der Waals surface area contributed by atoms with Gasteiger partial charge in [0.25, 0.3) is 11.8 Å². The molecule has 1 unspecified atom stereocenters. The zero-order valence-corrected chi connectivity index (χ0v) is 14.7. The average Bonchev–Trinajstić information content (AvgIpc) is 3.20. The highest BCUT2D eigenvalue weighted by Crippen LogP contribution is 2.31. The van der Waals surface area contributed by atoms with Crippen LogP contribution in [0.3, 0.4) is 0 Å². The molecule has 0 radical (unpaired) electrons. The lowest BCUT2D eigenvalue weighted by atomic mass is 10.0. The second-order valence-electron chi connectivity index (χ2n) is 6.29. The van der Waals surface area contributed by atoms with Gasteiger partial charge in [0.05, 0.1) is 19.0 Å². The van der Waals surface area contributed by atoms with Crippen LogP contribution >= 0.6 is 0 Å². The summed E-state index contributed by atoms with van der Waals surface area (Å²) in [5.41, 5.74) is 1.31. The predicted octanol–water partition coefficient (Wildman–Crippen LogP) is 3.05. The van der Waals surface area contributed by atoms with Gasteiger partial charge in [0, 0.05) is 17.7 Å². The number of halogens is 1. The Labute approximate surface area is 159 Å². The molecule has 0 saturated heterocycles. The van der Waals surface area contributed by atoms with E-state index in [0.29, 0.717) is 18.7 Å². The molecule has 7 nitrogen and oxygen atoms in total. The van der Waals surface area contributed by atoms with Crippen molar-refractivity contribution in [3.05, 3.63) is 77.6 Å². The molecule has 1 aliphatic rings. The summed E-state index contributed by atoms with van der Waals surface area (Å²) < 4.78 is 18.6. The number of imidazole rings is 1. The molecule has 3 N–H and O–H groups in total. The van der Waals surface area contributed by atoms with Crippen molar-refractivity contribution in [1.82, 2.24) is 15.3 Å². The molecule has 2 amide bonds. The summed E-state index contributed by atoms with van der Waals surface area (Å²) in [7, 11) is 0. The number of H-pyrrole nitrogens is 1. The predicted molar refractivity (Wildman–Crippen MR) is 99.7 cm³/mol. The molecule has 8 heteroatoms. The summed E-state index contributed by atoms with van der Waals surface area (Å²) in [5, 5.41) is 5.52. The fourth-order valence-electron chi connectivity index (χ4n) is 3.09. The summed E-state index contributed by atoms with van der Waals surface area (Å²) in [6.45, 7) is 0.489. The number of benzene rings is 2. The van der Waals surface area contributed by atoms with E-state index in [0.717, 1.165) is 11.3 Å². The molecule has 142 valence electrons. The quantitative estimate of drug-likeness (QED) is 0.648. The number of aromatic amines is 1. The molecule has 0 saturated carbocycles. The van der Waals surface area contributed by atoms with E-state index in [4.69, 9.17) is 4.74 Å². The number of hydrogen-bond acceptors (Lipinski definition) is 4. The van der Waals surface area contributed by atoms with Crippen molar-refractivity contribution >= 4 is 17.5 Å². The third-order valence-electron chi connectivity index (χ3n) is 4.45. The Morgan fingerprint density at radius 1 is 1.11 bits per heavy atom. The van der Waals surface area contributed by atoms with Crippen LogP contribution in [0, 0.1) is 5.82 Å². The van der Waals surface area contributed by atoms with E-state index in [1.54, 1.807) is 0 Å². The van der Waals surface area contributed by atoms with E-state index in [-0.39, 0.29) is 17.4 Å². The Balaban J connectivity index is 1.50. The van der Waals surface area contributed by atoms with Crippen LogP contribution in [0.1, 0.15) is 39.0 Å². The first-order valence-corrected chi connectivity index (χ1v) is 8.74. The Hall–Kier alpha value is -3.68. The summed E-state index contributed by atoms with van der Waals surface area (Å²) >= 11 is 0. The van der Waals surface area contributed by atoms with Gasteiger partial charge < -0.3 is 20.4 Å². The Morgan fingerprint density at radius 2 is 1.89 bits per heavy atom. The minimum Gasteiger partial charge on any atom is -0.493 e. The Bertz CT molecular complexity index is 1020. The largest absolute Gasteiger partial charge is 0.493 e. The number of ether oxygens (including phenoxy) is 1. The molecule has 3 aromatic rings. The minimum absolute atomic E-state index is 0.0397. The molecule has 1 atom stereocenters. The molecule has 0 aliphatic carbocycles. The second-order valence-corrected chi connectivity index (χ2v) is 6.29. The maximum atomic E-state index is 13.0. The van der Waals surface area contributed by atoms with Gasteiger partial charge in [0.2, 0.25) is 0 Å². The van der Waals surface area contributed by atoms with Gasteiger partial charge in [-0.2, -0.15) is 0 Å². The van der Waals surface area contributed by atoms with Crippen LogP contribution in [-0.4, -0.2) is 28.4 Å². The second kappa shape index (κ2) is 7.51. The van der Waals surface area contributed by atoms with Crippen molar-refractivity contribution in [2.75, 3.05) is 11.9 Å². The van der Waals surface area contributed by atoms with Crippen molar-refractivity contribution in [2.45, 2.75) is 12.5 Å². The van der Waals surface area contributed by atoms with Crippen LogP contribution in [0.15, 0.2) is 54.9 Å². The first-order chi connectivity index (χ1) is 13.6. The molecule has 0 spiro atoms. The normalized spacial score (nSPS) is 15.2. The SMILES string of the molecule is O=C(Nc1ccc(F)cc1)c1nc[nH]c1C(=O)NC1CCOc2ccccc21. The number of aromatic nitrogens is 2.